The van der Waals surface area contributed by atoms with Gasteiger partial charge in [0, 0.05) is 0 Å². The summed E-state index contributed by atoms with van der Waals surface area (Å²) in [5.74, 6) is 0.642. The maximum atomic E-state index is 12.7. The molecule has 0 aliphatic heterocycles. The number of halogens is 4. The highest BCUT2D eigenvalue weighted by Gasteiger charge is 2.31. The molecule has 0 aromatic heterocycles. The van der Waals surface area contributed by atoms with Crippen molar-refractivity contribution in [3.05, 3.63) is 64.9 Å². The van der Waals surface area contributed by atoms with Gasteiger partial charge in [-0.25, -0.2) is 4.79 Å². The Morgan fingerprint density at radius 2 is 1.77 bits per heavy atom. The molecule has 0 saturated carbocycles. The molecule has 9 heteroatoms. The lowest BCUT2D eigenvalue weighted by atomic mass is 10.2. The van der Waals surface area contributed by atoms with Gasteiger partial charge in [0.25, 0.3) is 0 Å². The Hall–Kier alpha value is -2.87. The highest BCUT2D eigenvalue weighted by Crippen LogP contribution is 2.36. The second kappa shape index (κ2) is 10.2. The van der Waals surface area contributed by atoms with Gasteiger partial charge < -0.3 is 18.9 Å². The number of benzene rings is 2. The van der Waals surface area contributed by atoms with Crippen LogP contribution in [0.4, 0.5) is 13.2 Å². The van der Waals surface area contributed by atoms with E-state index in [0.29, 0.717) is 11.5 Å². The molecule has 30 heavy (non-hydrogen) atoms. The molecule has 1 unspecified atom stereocenters. The second-order valence-corrected chi connectivity index (χ2v) is 6.39. The number of carbonyl (C=O) groups is 1. The SMILES string of the molecule is CCOC(=O)/C=C(\OC)C(C)Oc1ccc(Oc2ccc(C(F)(F)F)cc2Cl)cc1. The molecular formula is C21H20ClF3O5. The molecule has 0 aliphatic rings. The van der Waals surface area contributed by atoms with E-state index in [1.807, 2.05) is 0 Å². The maximum absolute atomic E-state index is 12.7. The van der Waals surface area contributed by atoms with Gasteiger partial charge in [-0.15, -0.1) is 0 Å². The normalized spacial score (nSPS) is 12.8. The van der Waals surface area contributed by atoms with E-state index in [4.69, 9.17) is 30.5 Å². The monoisotopic (exact) mass is 444 g/mol. The van der Waals surface area contributed by atoms with E-state index in [0.717, 1.165) is 18.2 Å². The maximum Gasteiger partial charge on any atom is 0.416 e. The van der Waals surface area contributed by atoms with Crippen LogP contribution < -0.4 is 9.47 Å². The van der Waals surface area contributed by atoms with Gasteiger partial charge in [0.05, 0.1) is 30.4 Å². The molecule has 5 nitrogen and oxygen atoms in total. The summed E-state index contributed by atoms with van der Waals surface area (Å²) in [6.45, 7) is 3.63. The molecule has 2 rings (SSSR count). The Kier molecular flexibility index (Phi) is 8.00. The number of carbonyl (C=O) groups excluding carboxylic acids is 1. The molecule has 0 aliphatic carbocycles. The lowest BCUT2D eigenvalue weighted by Gasteiger charge is -2.17. The van der Waals surface area contributed by atoms with E-state index >= 15 is 0 Å². The van der Waals surface area contributed by atoms with Crippen molar-refractivity contribution in [2.45, 2.75) is 26.1 Å². The topological polar surface area (TPSA) is 54.0 Å². The molecule has 0 saturated heterocycles. The van der Waals surface area contributed by atoms with Gasteiger partial charge in [-0.1, -0.05) is 11.6 Å². The molecule has 2 aromatic carbocycles. The summed E-state index contributed by atoms with van der Waals surface area (Å²) in [5, 5.41) is -0.160. The third-order valence-corrected chi connectivity index (χ3v) is 4.10. The van der Waals surface area contributed by atoms with Crippen LogP contribution in [0.3, 0.4) is 0 Å². The van der Waals surface area contributed by atoms with Crippen molar-refractivity contribution in [2.75, 3.05) is 13.7 Å². The number of methoxy groups -OCH3 is 1. The predicted molar refractivity (Wildman–Crippen MR) is 105 cm³/mol. The molecule has 0 spiro atoms. The van der Waals surface area contributed by atoms with E-state index in [-0.39, 0.29) is 23.1 Å². The third kappa shape index (κ3) is 6.59. The molecule has 1 atom stereocenters. The van der Waals surface area contributed by atoms with Crippen LogP contribution in [0.5, 0.6) is 17.2 Å². The zero-order valence-electron chi connectivity index (χ0n) is 16.5. The highest BCUT2D eigenvalue weighted by molar-refractivity contribution is 6.32. The lowest BCUT2D eigenvalue weighted by molar-refractivity contribution is -0.138. The van der Waals surface area contributed by atoms with E-state index in [1.54, 1.807) is 38.1 Å². The highest BCUT2D eigenvalue weighted by atomic mass is 35.5. The number of rotatable bonds is 8. The number of ether oxygens (including phenoxy) is 4. The number of esters is 1. The van der Waals surface area contributed by atoms with Crippen molar-refractivity contribution in [1.29, 1.82) is 0 Å². The summed E-state index contributed by atoms with van der Waals surface area (Å²) in [6, 6.07) is 9.18. The van der Waals surface area contributed by atoms with Crippen molar-refractivity contribution in [3.8, 4) is 17.2 Å². The van der Waals surface area contributed by atoms with Crippen LogP contribution in [0, 0.1) is 0 Å². The van der Waals surface area contributed by atoms with E-state index < -0.39 is 23.8 Å². The molecule has 0 N–H and O–H groups in total. The first kappa shape index (κ1) is 23.4. The smallest absolute Gasteiger partial charge is 0.416 e. The van der Waals surface area contributed by atoms with E-state index in [1.165, 1.54) is 13.2 Å². The standard InChI is InChI=1S/C21H20ClF3O5/c1-4-28-20(26)12-19(27-3)13(2)29-15-6-8-16(9-7-15)30-18-10-5-14(11-17(18)22)21(23,24)25/h5-13H,4H2,1-3H3/b19-12-. The van der Waals surface area contributed by atoms with Crippen LogP contribution in [-0.2, 0) is 20.4 Å². The van der Waals surface area contributed by atoms with Crippen LogP contribution >= 0.6 is 11.6 Å². The van der Waals surface area contributed by atoms with Gasteiger partial charge in [0.15, 0.2) is 6.10 Å². The Labute approximate surface area is 176 Å². The van der Waals surface area contributed by atoms with Crippen LogP contribution in [0.25, 0.3) is 0 Å². The van der Waals surface area contributed by atoms with Crippen LogP contribution in [-0.4, -0.2) is 25.8 Å². The van der Waals surface area contributed by atoms with E-state index in [9.17, 15) is 18.0 Å². The van der Waals surface area contributed by atoms with Crippen molar-refractivity contribution >= 4 is 17.6 Å². The van der Waals surface area contributed by atoms with Gasteiger partial charge in [-0.3, -0.25) is 0 Å². The van der Waals surface area contributed by atoms with E-state index in [2.05, 4.69) is 0 Å². The Balaban J connectivity index is 2.05. The first-order valence-electron chi connectivity index (χ1n) is 8.87. The minimum Gasteiger partial charge on any atom is -0.497 e. The number of alkyl halides is 3. The fourth-order valence-electron chi connectivity index (χ4n) is 2.38. The van der Waals surface area contributed by atoms with Crippen molar-refractivity contribution in [3.63, 3.8) is 0 Å². The summed E-state index contributed by atoms with van der Waals surface area (Å²) in [7, 11) is 1.41. The number of hydrogen-bond acceptors (Lipinski definition) is 5. The average molecular weight is 445 g/mol. The zero-order chi connectivity index (χ0) is 22.3. The van der Waals surface area contributed by atoms with Crippen LogP contribution in [0.15, 0.2) is 54.3 Å². The lowest BCUT2D eigenvalue weighted by Crippen LogP contribution is -2.18. The summed E-state index contributed by atoms with van der Waals surface area (Å²) in [4.78, 5) is 11.6. The minimum atomic E-state index is -4.49. The average Bonchev–Trinajstić information content (AvgIpc) is 2.68. The molecule has 162 valence electrons. The molecule has 0 fully saturated rings. The minimum absolute atomic E-state index is 0.0887. The molecule has 0 heterocycles. The number of hydrogen-bond donors (Lipinski definition) is 0. The first-order valence-corrected chi connectivity index (χ1v) is 9.25. The zero-order valence-corrected chi connectivity index (χ0v) is 17.2. The van der Waals surface area contributed by atoms with Gasteiger partial charge in [-0.05, 0) is 56.3 Å². The summed E-state index contributed by atoms with van der Waals surface area (Å²) in [5.41, 5.74) is -0.859. The molecule has 0 bridgehead atoms. The van der Waals surface area contributed by atoms with Crippen molar-refractivity contribution in [1.82, 2.24) is 0 Å². The first-order chi connectivity index (χ1) is 14.1. The summed E-state index contributed by atoms with van der Waals surface area (Å²) >= 11 is 5.89. The quantitative estimate of drug-likeness (QED) is 0.283. The molecule has 0 radical (unpaired) electrons. The molecular weight excluding hydrogens is 425 g/mol. The summed E-state index contributed by atoms with van der Waals surface area (Å²) < 4.78 is 59.4. The van der Waals surface area contributed by atoms with Crippen molar-refractivity contribution in [2.24, 2.45) is 0 Å². The Morgan fingerprint density at radius 3 is 2.30 bits per heavy atom. The Bertz CT molecular complexity index is 895. The fraction of sp³-hybridized carbons (Fsp3) is 0.286. The van der Waals surface area contributed by atoms with Gasteiger partial charge in [-0.2, -0.15) is 13.2 Å². The van der Waals surface area contributed by atoms with Gasteiger partial charge in [0.1, 0.15) is 23.0 Å². The third-order valence-electron chi connectivity index (χ3n) is 3.81. The second-order valence-electron chi connectivity index (χ2n) is 5.98. The Morgan fingerprint density at radius 1 is 1.13 bits per heavy atom. The van der Waals surface area contributed by atoms with Gasteiger partial charge in [0.2, 0.25) is 0 Å². The van der Waals surface area contributed by atoms with Crippen molar-refractivity contribution < 1.29 is 36.9 Å². The molecule has 0 amide bonds. The molecule has 2 aromatic rings. The largest absolute Gasteiger partial charge is 0.497 e. The van der Waals surface area contributed by atoms with Crippen LogP contribution in [0.2, 0.25) is 5.02 Å². The van der Waals surface area contributed by atoms with Crippen LogP contribution in [0.1, 0.15) is 19.4 Å². The predicted octanol–water partition coefficient (Wildman–Crippen LogP) is 6.01. The summed E-state index contributed by atoms with van der Waals surface area (Å²) in [6.07, 6.45) is -3.85. The fourth-order valence-corrected chi connectivity index (χ4v) is 2.60. The van der Waals surface area contributed by atoms with Gasteiger partial charge >= 0.3 is 12.1 Å².